The molecule has 0 saturated carbocycles. The highest BCUT2D eigenvalue weighted by molar-refractivity contribution is 9.10. The number of carbonyl (C=O) groups excluding carboxylic acids is 1. The fourth-order valence-corrected chi connectivity index (χ4v) is 4.54. The summed E-state index contributed by atoms with van der Waals surface area (Å²) < 4.78 is 28.4. The molecule has 0 aromatic carbocycles. The van der Waals surface area contributed by atoms with Crippen LogP contribution in [0, 0.1) is 0 Å². The number of nitrogens with zero attached hydrogens (tertiary/aromatic N) is 5. The Bertz CT molecular complexity index is 1330. The van der Waals surface area contributed by atoms with Crippen LogP contribution in [0.25, 0.3) is 11.0 Å². The van der Waals surface area contributed by atoms with E-state index in [1.165, 1.54) is 25.5 Å². The minimum atomic E-state index is -1.00. The lowest BCUT2D eigenvalue weighted by atomic mass is 10.2. The first-order valence-electron chi connectivity index (χ1n) is 13.0. The summed E-state index contributed by atoms with van der Waals surface area (Å²) in [5, 5.41) is 0. The summed E-state index contributed by atoms with van der Waals surface area (Å²) in [6.45, 7) is 2.02. The first-order valence-corrected chi connectivity index (χ1v) is 13.9. The topological polar surface area (TPSA) is 135 Å². The number of carbonyl (C=O) groups is 1. The highest BCUT2D eigenvalue weighted by Crippen LogP contribution is 2.21. The van der Waals surface area contributed by atoms with E-state index in [0.29, 0.717) is 16.7 Å². The second-order valence-corrected chi connectivity index (χ2v) is 10.2. The molecule has 5 heterocycles. The van der Waals surface area contributed by atoms with E-state index in [1.54, 1.807) is 23.9 Å². The van der Waals surface area contributed by atoms with Crippen molar-refractivity contribution in [3.8, 4) is 5.88 Å². The standard InChI is InChI=1S/C12H12BrN3O.C7H13NO.C6H5BrN2O2.CH3F/c13-8-6-9-11(14-7-8)12(17)16-5-3-1-2-4-10(16)15-9;1-9-7-5-3-2-4-6-8-7;7-4-1-5(8)6(9-2-4)11-3-10;1-2/h6-7H,1-5H2;2-6H2,1H3;1-3H,8H2;1H3/i;;;1D. The number of aliphatic imine (C=N–C) groups is 1. The average molecular weight is 673 g/mol. The summed E-state index contributed by atoms with van der Waals surface area (Å²) in [5.41, 5.74) is 6.92. The molecule has 0 fully saturated rings. The molecule has 0 aliphatic carbocycles. The summed E-state index contributed by atoms with van der Waals surface area (Å²) >= 11 is 6.52. The summed E-state index contributed by atoms with van der Waals surface area (Å²) in [5.74, 6) is 1.97. The van der Waals surface area contributed by atoms with Crippen molar-refractivity contribution in [1.29, 1.82) is 0 Å². The molecule has 2 aliphatic heterocycles. The molecule has 0 spiro atoms. The minimum absolute atomic E-state index is 0.000556. The van der Waals surface area contributed by atoms with E-state index in [0.717, 1.165) is 65.9 Å². The number of halogens is 3. The number of alkyl halides is 1. The number of pyridine rings is 2. The van der Waals surface area contributed by atoms with Gasteiger partial charge in [0.2, 0.25) is 5.88 Å². The fraction of sp³-hybridized carbons (Fsp3) is 0.462. The quantitative estimate of drug-likeness (QED) is 0.356. The highest BCUT2D eigenvalue weighted by atomic mass is 79.9. The summed E-state index contributed by atoms with van der Waals surface area (Å²) in [7, 11) is 0.699. The second kappa shape index (κ2) is 17.6. The molecule has 0 bridgehead atoms. The monoisotopic (exact) mass is 671 g/mol. The van der Waals surface area contributed by atoms with Crippen LogP contribution in [-0.2, 0) is 22.5 Å². The van der Waals surface area contributed by atoms with Gasteiger partial charge in [-0.3, -0.25) is 23.5 Å². The number of aryl methyl sites for hydroxylation is 1. The molecule has 2 N–H and O–H groups in total. The van der Waals surface area contributed by atoms with Crippen molar-refractivity contribution >= 4 is 61.0 Å². The van der Waals surface area contributed by atoms with Crippen LogP contribution in [0.1, 0.15) is 52.1 Å². The van der Waals surface area contributed by atoms with Crippen LogP contribution < -0.4 is 16.0 Å². The van der Waals surface area contributed by atoms with Crippen LogP contribution in [0.15, 0.2) is 43.3 Å². The molecule has 0 amide bonds. The third-order valence-electron chi connectivity index (χ3n) is 5.70. The molecule has 3 aromatic heterocycles. The second-order valence-electron chi connectivity index (χ2n) is 8.37. The molecule has 0 unspecified atom stereocenters. The van der Waals surface area contributed by atoms with Crippen LogP contribution in [0.3, 0.4) is 0 Å². The van der Waals surface area contributed by atoms with Crippen LogP contribution in [0.4, 0.5) is 10.1 Å². The SMILES string of the molecule is COC1=NCCCCC1.Nc1cc(Br)cnc1OC=O.O=c1c2ncc(Br)cc2nc2n1CCCCC2.[2H]CF. The fourth-order valence-electron chi connectivity index (χ4n) is 3.87. The molecule has 13 heteroatoms. The van der Waals surface area contributed by atoms with Gasteiger partial charge in [-0.1, -0.05) is 12.8 Å². The molecule has 0 radical (unpaired) electrons. The third-order valence-corrected chi connectivity index (χ3v) is 6.57. The Labute approximate surface area is 244 Å². The van der Waals surface area contributed by atoms with Gasteiger partial charge in [-0.25, -0.2) is 15.0 Å². The maximum atomic E-state index is 12.3. The Morgan fingerprint density at radius 1 is 1.08 bits per heavy atom. The van der Waals surface area contributed by atoms with Gasteiger partial charge in [0.1, 0.15) is 5.82 Å². The number of anilines is 1. The molecular weight excluding hydrogens is 639 g/mol. The van der Waals surface area contributed by atoms with Crippen LogP contribution in [-0.4, -0.2) is 52.7 Å². The van der Waals surface area contributed by atoms with Crippen molar-refractivity contribution in [2.45, 2.75) is 57.9 Å². The van der Waals surface area contributed by atoms with Gasteiger partial charge in [-0.2, -0.15) is 0 Å². The summed E-state index contributed by atoms with van der Waals surface area (Å²) in [4.78, 5) is 38.9. The zero-order chi connectivity index (χ0) is 29.3. The van der Waals surface area contributed by atoms with Gasteiger partial charge in [-0.15, -0.1) is 0 Å². The molecule has 5 rings (SSSR count). The van der Waals surface area contributed by atoms with E-state index in [2.05, 4.69) is 56.5 Å². The molecule has 212 valence electrons. The van der Waals surface area contributed by atoms with Crippen molar-refractivity contribution in [3.63, 3.8) is 0 Å². The van der Waals surface area contributed by atoms with E-state index < -0.39 is 7.15 Å². The highest BCUT2D eigenvalue weighted by Gasteiger charge is 2.14. The van der Waals surface area contributed by atoms with Crippen LogP contribution in [0.2, 0.25) is 0 Å². The Kier molecular flexibility index (Phi) is 13.8. The van der Waals surface area contributed by atoms with Crippen molar-refractivity contribution in [1.82, 2.24) is 19.5 Å². The van der Waals surface area contributed by atoms with E-state index >= 15 is 0 Å². The lowest BCUT2D eigenvalue weighted by Crippen LogP contribution is -2.25. The van der Waals surface area contributed by atoms with Crippen molar-refractivity contribution in [2.24, 2.45) is 4.99 Å². The van der Waals surface area contributed by atoms with Crippen LogP contribution >= 0.6 is 31.9 Å². The average Bonchev–Trinajstić information content (AvgIpc) is 3.35. The summed E-state index contributed by atoms with van der Waals surface area (Å²) in [6, 6.07) is 3.46. The Hall–Kier alpha value is -2.93. The number of hydrogen-bond acceptors (Lipinski definition) is 9. The van der Waals surface area contributed by atoms with E-state index in [-0.39, 0.29) is 17.9 Å². The molecule has 2 aliphatic rings. The molecule has 10 nitrogen and oxygen atoms in total. The van der Waals surface area contributed by atoms with Crippen molar-refractivity contribution in [2.75, 3.05) is 26.5 Å². The molecule has 3 aromatic rings. The van der Waals surface area contributed by atoms with Crippen molar-refractivity contribution < 1.29 is 20.0 Å². The zero-order valence-corrected chi connectivity index (χ0v) is 24.9. The number of methoxy groups -OCH3 is 1. The number of nitrogen functional groups attached to an aromatic ring is 1. The number of nitrogens with two attached hydrogens (primary N) is 1. The zero-order valence-electron chi connectivity index (χ0n) is 22.7. The van der Waals surface area contributed by atoms with Gasteiger partial charge >= 0.3 is 0 Å². The first-order chi connectivity index (χ1) is 19.3. The van der Waals surface area contributed by atoms with E-state index in [4.69, 9.17) is 11.8 Å². The van der Waals surface area contributed by atoms with Gasteiger partial charge in [0, 0.05) is 47.3 Å². The molecule has 0 saturated heterocycles. The first kappa shape index (κ1) is 30.6. The van der Waals surface area contributed by atoms with Gasteiger partial charge in [0.15, 0.2) is 11.4 Å². The lowest BCUT2D eigenvalue weighted by molar-refractivity contribution is -0.120. The number of hydrogen-bond donors (Lipinski definition) is 1. The summed E-state index contributed by atoms with van der Waals surface area (Å²) in [6.07, 6.45) is 12.2. The number of ether oxygens (including phenoxy) is 2. The third kappa shape index (κ3) is 10.3. The number of aromatic nitrogens is 4. The molecule has 39 heavy (non-hydrogen) atoms. The largest absolute Gasteiger partial charge is 0.484 e. The van der Waals surface area contributed by atoms with Crippen molar-refractivity contribution in [3.05, 3.63) is 49.7 Å². The van der Waals surface area contributed by atoms with E-state index in [1.807, 2.05) is 6.07 Å². The number of rotatable bonds is 2. The smallest absolute Gasteiger partial charge is 0.299 e. The lowest BCUT2D eigenvalue weighted by Gasteiger charge is -2.09. The molecule has 0 atom stereocenters. The maximum Gasteiger partial charge on any atom is 0.299 e. The Morgan fingerprint density at radius 2 is 1.77 bits per heavy atom. The number of fused-ring (bicyclic) bond motifs is 2. The Balaban J connectivity index is 0.000000212. The van der Waals surface area contributed by atoms with Gasteiger partial charge < -0.3 is 15.2 Å². The van der Waals surface area contributed by atoms with Gasteiger partial charge in [0.05, 0.1) is 26.8 Å². The molecular formula is C26H33Br2FN6O4. The normalized spacial score (nSPS) is 14.6. The van der Waals surface area contributed by atoms with Gasteiger partial charge in [-0.05, 0) is 69.7 Å². The predicted octanol–water partition coefficient (Wildman–Crippen LogP) is 5.43. The van der Waals surface area contributed by atoms with Crippen LogP contribution in [0.5, 0.6) is 5.88 Å². The Morgan fingerprint density at radius 3 is 2.49 bits per heavy atom. The van der Waals surface area contributed by atoms with Gasteiger partial charge in [0.25, 0.3) is 12.0 Å². The maximum absolute atomic E-state index is 12.3. The predicted molar refractivity (Wildman–Crippen MR) is 157 cm³/mol. The minimum Gasteiger partial charge on any atom is -0.484 e. The van der Waals surface area contributed by atoms with E-state index in [9.17, 15) is 14.0 Å².